The van der Waals surface area contributed by atoms with Gasteiger partial charge in [0.05, 0.1) is 5.92 Å². The Morgan fingerprint density at radius 2 is 1.88 bits per heavy atom. The van der Waals surface area contributed by atoms with E-state index >= 15 is 0 Å². The zero-order valence-electron chi connectivity index (χ0n) is 13.4. The van der Waals surface area contributed by atoms with Crippen molar-refractivity contribution in [1.82, 2.24) is 5.32 Å². The molecule has 2 rings (SSSR count). The molecule has 0 bridgehead atoms. The maximum absolute atomic E-state index is 12.3. The molecule has 1 aliphatic carbocycles. The van der Waals surface area contributed by atoms with Gasteiger partial charge in [-0.15, -0.1) is 0 Å². The average Bonchev–Trinajstić information content (AvgIpc) is 2.83. The van der Waals surface area contributed by atoms with Crippen LogP contribution < -0.4 is 10.5 Å². The molecule has 9 heteroatoms. The van der Waals surface area contributed by atoms with Crippen molar-refractivity contribution in [2.45, 2.75) is 56.4 Å². The van der Waals surface area contributed by atoms with Gasteiger partial charge in [-0.05, 0) is 19.8 Å². The topological polar surface area (TPSA) is 140 Å². The standard InChI is InChI=1S/C15H22N2O6S/c1-9-13(24(16,21)22)8-12(23-9)14(18)17-11-7-5-3-2-4-6-10(11)15(19)20/h8,10-11H,2-7H2,1H3,(H,17,18)(H,19,20)(H2,16,21,22). The number of amides is 1. The van der Waals surface area contributed by atoms with E-state index in [1.807, 2.05) is 0 Å². The Kier molecular flexibility index (Phi) is 5.66. The summed E-state index contributed by atoms with van der Waals surface area (Å²) in [4.78, 5) is 23.6. The predicted octanol–water partition coefficient (Wildman–Crippen LogP) is 1.39. The van der Waals surface area contributed by atoms with Gasteiger partial charge >= 0.3 is 5.97 Å². The lowest BCUT2D eigenvalue weighted by molar-refractivity contribution is -0.143. The fraction of sp³-hybridized carbons (Fsp3) is 0.600. The number of primary sulfonamides is 1. The highest BCUT2D eigenvalue weighted by molar-refractivity contribution is 7.89. The SMILES string of the molecule is Cc1oc(C(=O)NC2CCCCCCC2C(=O)O)cc1S(N)(=O)=O. The minimum Gasteiger partial charge on any atom is -0.481 e. The van der Waals surface area contributed by atoms with Crippen LogP contribution in [0.5, 0.6) is 0 Å². The summed E-state index contributed by atoms with van der Waals surface area (Å²) in [6.07, 6.45) is 4.67. The lowest BCUT2D eigenvalue weighted by Gasteiger charge is -2.26. The summed E-state index contributed by atoms with van der Waals surface area (Å²) in [5, 5.41) is 17.1. The average molecular weight is 358 g/mol. The highest BCUT2D eigenvalue weighted by Crippen LogP contribution is 2.24. The molecule has 2 atom stereocenters. The Morgan fingerprint density at radius 3 is 2.42 bits per heavy atom. The van der Waals surface area contributed by atoms with E-state index in [9.17, 15) is 23.1 Å². The molecular formula is C15H22N2O6S. The second-order valence-corrected chi connectivity index (χ2v) is 7.62. The van der Waals surface area contributed by atoms with Gasteiger partial charge in [-0.1, -0.05) is 25.7 Å². The number of carbonyl (C=O) groups excluding carboxylic acids is 1. The lowest BCUT2D eigenvalue weighted by atomic mass is 9.86. The van der Waals surface area contributed by atoms with Crippen LogP contribution in [-0.4, -0.2) is 31.4 Å². The summed E-state index contributed by atoms with van der Waals surface area (Å²) in [5.41, 5.74) is 0. The van der Waals surface area contributed by atoms with Crippen LogP contribution in [0, 0.1) is 12.8 Å². The van der Waals surface area contributed by atoms with Crippen LogP contribution >= 0.6 is 0 Å². The van der Waals surface area contributed by atoms with Crippen LogP contribution in [0.2, 0.25) is 0 Å². The molecule has 8 nitrogen and oxygen atoms in total. The molecular weight excluding hydrogens is 336 g/mol. The van der Waals surface area contributed by atoms with Gasteiger partial charge in [0.25, 0.3) is 5.91 Å². The van der Waals surface area contributed by atoms with Crippen molar-refractivity contribution < 1.29 is 27.5 Å². The van der Waals surface area contributed by atoms with Gasteiger partial charge in [-0.25, -0.2) is 13.6 Å². The number of carboxylic acids is 1. The van der Waals surface area contributed by atoms with Crippen molar-refractivity contribution >= 4 is 21.9 Å². The van der Waals surface area contributed by atoms with Gasteiger partial charge < -0.3 is 14.8 Å². The van der Waals surface area contributed by atoms with Crippen molar-refractivity contribution in [2.75, 3.05) is 0 Å². The van der Waals surface area contributed by atoms with Crippen molar-refractivity contribution in [3.8, 4) is 0 Å². The molecule has 0 aliphatic heterocycles. The van der Waals surface area contributed by atoms with Crippen molar-refractivity contribution in [2.24, 2.45) is 11.1 Å². The third-order valence-electron chi connectivity index (χ3n) is 4.30. The first-order chi connectivity index (χ1) is 11.2. The van der Waals surface area contributed by atoms with Gasteiger partial charge in [0, 0.05) is 12.1 Å². The third kappa shape index (κ3) is 4.35. The van der Waals surface area contributed by atoms with Crippen LogP contribution in [0.15, 0.2) is 15.4 Å². The number of aliphatic carboxylic acids is 1. The van der Waals surface area contributed by atoms with E-state index in [1.165, 1.54) is 6.92 Å². The highest BCUT2D eigenvalue weighted by Gasteiger charge is 2.31. The first-order valence-electron chi connectivity index (χ1n) is 7.87. The number of carboxylic acid groups (broad SMARTS) is 1. The normalized spacial score (nSPS) is 22.4. The lowest BCUT2D eigenvalue weighted by Crippen LogP contribution is -2.43. The molecule has 0 radical (unpaired) electrons. The quantitative estimate of drug-likeness (QED) is 0.743. The molecule has 0 spiro atoms. The number of nitrogens with two attached hydrogens (primary N) is 1. The molecule has 1 aliphatic rings. The van der Waals surface area contributed by atoms with Gasteiger partial charge in [-0.2, -0.15) is 0 Å². The Bertz CT molecular complexity index is 724. The van der Waals surface area contributed by atoms with Gasteiger partial charge in [-0.3, -0.25) is 9.59 Å². The molecule has 1 heterocycles. The summed E-state index contributed by atoms with van der Waals surface area (Å²) in [7, 11) is -3.98. The fourth-order valence-electron chi connectivity index (χ4n) is 3.05. The van der Waals surface area contributed by atoms with E-state index < -0.39 is 33.9 Å². The van der Waals surface area contributed by atoms with Gasteiger partial charge in [0.15, 0.2) is 5.76 Å². The van der Waals surface area contributed by atoms with E-state index in [-0.39, 0.29) is 16.4 Å². The summed E-state index contributed by atoms with van der Waals surface area (Å²) in [6.45, 7) is 1.40. The van der Waals surface area contributed by atoms with E-state index in [0.717, 1.165) is 31.7 Å². The predicted molar refractivity (Wildman–Crippen MR) is 84.9 cm³/mol. The first kappa shape index (κ1) is 18.5. The summed E-state index contributed by atoms with van der Waals surface area (Å²) in [5.74, 6) is -2.41. The molecule has 1 saturated carbocycles. The summed E-state index contributed by atoms with van der Waals surface area (Å²) >= 11 is 0. The maximum atomic E-state index is 12.3. The molecule has 0 aromatic carbocycles. The third-order valence-corrected chi connectivity index (χ3v) is 5.32. The molecule has 1 aromatic heterocycles. The van der Waals surface area contributed by atoms with E-state index in [2.05, 4.69) is 5.32 Å². The minimum atomic E-state index is -3.98. The van der Waals surface area contributed by atoms with Gasteiger partial charge in [0.1, 0.15) is 10.7 Å². The number of hydrogen-bond acceptors (Lipinski definition) is 5. The Labute approximate surface area is 140 Å². The van der Waals surface area contributed by atoms with Crippen LogP contribution in [0.25, 0.3) is 0 Å². The minimum absolute atomic E-state index is 0.0232. The first-order valence-corrected chi connectivity index (χ1v) is 9.41. The Hall–Kier alpha value is -1.87. The molecule has 0 saturated heterocycles. The molecule has 1 fully saturated rings. The number of rotatable bonds is 4. The van der Waals surface area contributed by atoms with E-state index in [4.69, 9.17) is 9.56 Å². The zero-order chi connectivity index (χ0) is 17.9. The zero-order valence-corrected chi connectivity index (χ0v) is 14.3. The van der Waals surface area contributed by atoms with Crippen molar-refractivity contribution in [3.05, 3.63) is 17.6 Å². The van der Waals surface area contributed by atoms with Crippen LogP contribution in [-0.2, 0) is 14.8 Å². The molecule has 4 N–H and O–H groups in total. The smallest absolute Gasteiger partial charge is 0.308 e. The number of sulfonamides is 1. The van der Waals surface area contributed by atoms with Crippen LogP contribution in [0.3, 0.4) is 0 Å². The molecule has 24 heavy (non-hydrogen) atoms. The highest BCUT2D eigenvalue weighted by atomic mass is 32.2. The van der Waals surface area contributed by atoms with Crippen molar-refractivity contribution in [3.63, 3.8) is 0 Å². The Balaban J connectivity index is 2.18. The number of nitrogens with one attached hydrogen (secondary N) is 1. The number of carbonyl (C=O) groups is 2. The monoisotopic (exact) mass is 358 g/mol. The van der Waals surface area contributed by atoms with Crippen LogP contribution in [0.4, 0.5) is 0 Å². The maximum Gasteiger partial charge on any atom is 0.308 e. The van der Waals surface area contributed by atoms with Crippen LogP contribution in [0.1, 0.15) is 54.8 Å². The fourth-order valence-corrected chi connectivity index (χ4v) is 3.77. The van der Waals surface area contributed by atoms with E-state index in [1.54, 1.807) is 0 Å². The number of furan rings is 1. The number of aryl methyl sites for hydroxylation is 1. The molecule has 1 aromatic rings. The summed E-state index contributed by atoms with van der Waals surface area (Å²) < 4.78 is 28.0. The van der Waals surface area contributed by atoms with Crippen molar-refractivity contribution in [1.29, 1.82) is 0 Å². The summed E-state index contributed by atoms with van der Waals surface area (Å²) in [6, 6.07) is 0.553. The largest absolute Gasteiger partial charge is 0.481 e. The second-order valence-electron chi connectivity index (χ2n) is 6.09. The Morgan fingerprint density at radius 1 is 1.25 bits per heavy atom. The molecule has 134 valence electrons. The number of hydrogen-bond donors (Lipinski definition) is 3. The molecule has 2 unspecified atom stereocenters. The van der Waals surface area contributed by atoms with Gasteiger partial charge in [0.2, 0.25) is 10.0 Å². The van der Waals surface area contributed by atoms with E-state index in [0.29, 0.717) is 12.8 Å². The second kappa shape index (κ2) is 7.35. The molecule has 1 amide bonds.